The zero-order valence-corrected chi connectivity index (χ0v) is 18.2. The highest BCUT2D eigenvalue weighted by molar-refractivity contribution is 7.10. The summed E-state index contributed by atoms with van der Waals surface area (Å²) in [6.45, 7) is 8.04. The maximum atomic E-state index is 13.3. The van der Waals surface area contributed by atoms with Gasteiger partial charge in [-0.2, -0.15) is 0 Å². The molecule has 4 nitrogen and oxygen atoms in total. The van der Waals surface area contributed by atoms with Crippen LogP contribution in [0.2, 0.25) is 0 Å². The van der Waals surface area contributed by atoms with E-state index in [2.05, 4.69) is 6.58 Å². The normalized spacial score (nSPS) is 32.5. The van der Waals surface area contributed by atoms with Crippen molar-refractivity contribution in [2.24, 2.45) is 11.8 Å². The third-order valence-electron chi connectivity index (χ3n) is 6.97. The van der Waals surface area contributed by atoms with Crippen LogP contribution in [0.5, 0.6) is 0 Å². The number of thiophene rings is 1. The number of nitrogens with zero attached hydrogens (tertiary/aromatic N) is 1. The molecule has 2 bridgehead atoms. The third-order valence-corrected chi connectivity index (χ3v) is 7.96. The van der Waals surface area contributed by atoms with Crippen molar-refractivity contribution in [1.29, 1.82) is 0 Å². The van der Waals surface area contributed by atoms with E-state index in [0.717, 1.165) is 74.1 Å². The van der Waals surface area contributed by atoms with E-state index in [1.54, 1.807) is 0 Å². The van der Waals surface area contributed by atoms with Crippen molar-refractivity contribution in [2.75, 3.05) is 26.2 Å². The Balaban J connectivity index is 0.00000210. The summed E-state index contributed by atoms with van der Waals surface area (Å²) in [5.74, 6) is 0.00772. The average molecular weight is 456 g/mol. The van der Waals surface area contributed by atoms with Gasteiger partial charge in [-0.25, -0.2) is 4.79 Å². The Kier molecular flexibility index (Phi) is 6.51. The molecule has 150 valence electrons. The average Bonchev–Trinajstić information content (AvgIpc) is 3.36. The number of quaternary nitrogens is 1. The van der Waals surface area contributed by atoms with E-state index in [1.165, 1.54) is 11.3 Å². The van der Waals surface area contributed by atoms with Crippen LogP contribution < -0.4 is 17.0 Å². The Hall–Kier alpha value is -0.690. The van der Waals surface area contributed by atoms with Gasteiger partial charge in [-0.3, -0.25) is 0 Å². The minimum Gasteiger partial charge on any atom is -1.00 e. The van der Waals surface area contributed by atoms with Crippen LogP contribution in [0.15, 0.2) is 30.2 Å². The van der Waals surface area contributed by atoms with E-state index in [9.17, 15) is 9.90 Å². The van der Waals surface area contributed by atoms with Crippen LogP contribution in [0.25, 0.3) is 0 Å². The first-order valence-corrected chi connectivity index (χ1v) is 10.9. The zero-order valence-electron chi connectivity index (χ0n) is 15.8. The molecular weight excluding hydrogens is 426 g/mol. The molecule has 3 aliphatic heterocycles. The Bertz CT molecular complexity index is 650. The Morgan fingerprint density at radius 3 is 2.63 bits per heavy atom. The van der Waals surface area contributed by atoms with E-state index in [4.69, 9.17) is 4.74 Å². The van der Waals surface area contributed by atoms with E-state index in [1.807, 2.05) is 23.6 Å². The number of rotatable bonds is 6. The topological polar surface area (TPSA) is 46.5 Å². The lowest BCUT2D eigenvalue weighted by Gasteiger charge is -2.52. The van der Waals surface area contributed by atoms with Crippen LogP contribution in [0.1, 0.15) is 43.4 Å². The minimum absolute atomic E-state index is 0. The van der Waals surface area contributed by atoms with Crippen LogP contribution in [-0.2, 0) is 15.1 Å². The summed E-state index contributed by atoms with van der Waals surface area (Å²) in [7, 11) is 0. The maximum absolute atomic E-state index is 13.3. The van der Waals surface area contributed by atoms with Crippen LogP contribution in [-0.4, -0.2) is 47.8 Å². The van der Waals surface area contributed by atoms with E-state index in [-0.39, 0.29) is 29.0 Å². The summed E-state index contributed by atoms with van der Waals surface area (Å²) in [5, 5.41) is 13.5. The van der Waals surface area contributed by atoms with Crippen LogP contribution in [0, 0.1) is 11.8 Å². The zero-order chi connectivity index (χ0) is 18.2. The van der Waals surface area contributed by atoms with Crippen molar-refractivity contribution >= 4 is 17.3 Å². The number of esters is 1. The lowest BCUT2D eigenvalue weighted by Crippen LogP contribution is -3.00. The lowest BCUT2D eigenvalue weighted by molar-refractivity contribution is -0.941. The smallest absolute Gasteiger partial charge is 0.344 e. The summed E-state index contributed by atoms with van der Waals surface area (Å²) in [5.41, 5.74) is -1.47. The van der Waals surface area contributed by atoms with Gasteiger partial charge < -0.3 is 31.3 Å². The fraction of sp³-hybridized carbons (Fsp3) is 0.667. The van der Waals surface area contributed by atoms with Crippen molar-refractivity contribution in [2.45, 2.75) is 50.2 Å². The molecule has 0 amide bonds. The molecule has 1 saturated carbocycles. The van der Waals surface area contributed by atoms with Crippen molar-refractivity contribution in [3.05, 3.63) is 35.0 Å². The molecule has 1 aliphatic carbocycles. The fourth-order valence-electron chi connectivity index (χ4n) is 5.42. The second kappa shape index (κ2) is 8.36. The lowest BCUT2D eigenvalue weighted by atomic mass is 9.82. The van der Waals surface area contributed by atoms with Gasteiger partial charge in [0.15, 0.2) is 11.7 Å². The van der Waals surface area contributed by atoms with Gasteiger partial charge in [-0.15, -0.1) is 11.3 Å². The number of ether oxygens (including phenoxy) is 1. The second-order valence-corrected chi connectivity index (χ2v) is 9.40. The highest BCUT2D eigenvalue weighted by Crippen LogP contribution is 2.44. The van der Waals surface area contributed by atoms with Gasteiger partial charge in [0, 0.05) is 29.6 Å². The summed E-state index contributed by atoms with van der Waals surface area (Å²) >= 11 is 1.46. The first-order chi connectivity index (χ1) is 12.6. The summed E-state index contributed by atoms with van der Waals surface area (Å²) in [6, 6.07) is 3.79. The van der Waals surface area contributed by atoms with Gasteiger partial charge >= 0.3 is 5.97 Å². The van der Waals surface area contributed by atoms with Gasteiger partial charge in [0.05, 0.1) is 19.6 Å². The van der Waals surface area contributed by atoms with Crippen LogP contribution in [0.4, 0.5) is 0 Å². The van der Waals surface area contributed by atoms with E-state index in [0.29, 0.717) is 5.92 Å². The molecule has 0 aromatic carbocycles. The minimum atomic E-state index is -1.47. The number of piperidine rings is 3. The number of aliphatic hydroxyl groups is 1. The molecule has 4 fully saturated rings. The predicted molar refractivity (Wildman–Crippen MR) is 103 cm³/mol. The quantitative estimate of drug-likeness (QED) is 0.385. The van der Waals surface area contributed by atoms with E-state index < -0.39 is 11.6 Å². The van der Waals surface area contributed by atoms with Gasteiger partial charge in [-0.05, 0) is 30.4 Å². The SMILES string of the molecule is C=CC[N+]12CCC(CC1)[C@@H](OC(=O)[C@](O)(c1cccs1)C1CCCC1)C2.[Br-]. The predicted octanol–water partition coefficient (Wildman–Crippen LogP) is 0.468. The van der Waals surface area contributed by atoms with Crippen molar-refractivity contribution in [3.63, 3.8) is 0 Å². The molecule has 0 spiro atoms. The Morgan fingerprint density at radius 1 is 1.33 bits per heavy atom. The number of hydrogen-bond donors (Lipinski definition) is 1. The highest BCUT2D eigenvalue weighted by Gasteiger charge is 2.52. The molecule has 4 aliphatic rings. The molecule has 1 aromatic heterocycles. The molecule has 5 rings (SSSR count). The summed E-state index contributed by atoms with van der Waals surface area (Å²) in [6.07, 6.45) is 8.08. The van der Waals surface area contributed by atoms with Gasteiger partial charge in [0.1, 0.15) is 6.54 Å². The fourth-order valence-corrected chi connectivity index (χ4v) is 6.31. The Labute approximate surface area is 176 Å². The van der Waals surface area contributed by atoms with Gasteiger partial charge in [0.2, 0.25) is 0 Å². The first-order valence-electron chi connectivity index (χ1n) is 10.0. The largest absolute Gasteiger partial charge is 1.00 e. The summed E-state index contributed by atoms with van der Waals surface area (Å²) in [4.78, 5) is 14.0. The van der Waals surface area contributed by atoms with Crippen molar-refractivity contribution in [1.82, 2.24) is 0 Å². The number of carbonyl (C=O) groups is 1. The molecule has 27 heavy (non-hydrogen) atoms. The number of fused-ring (bicyclic) bond motifs is 3. The first kappa shape index (κ1) is 21.0. The molecule has 1 N–H and O–H groups in total. The monoisotopic (exact) mass is 455 g/mol. The van der Waals surface area contributed by atoms with Gasteiger partial charge in [0.25, 0.3) is 0 Å². The molecule has 2 atom stereocenters. The molecule has 3 saturated heterocycles. The number of carbonyl (C=O) groups excluding carboxylic acids is 1. The number of halogens is 1. The van der Waals surface area contributed by atoms with Gasteiger partial charge in [-0.1, -0.05) is 25.5 Å². The van der Waals surface area contributed by atoms with E-state index >= 15 is 0 Å². The molecule has 6 heteroatoms. The third kappa shape index (κ3) is 3.78. The highest BCUT2D eigenvalue weighted by atomic mass is 79.9. The van der Waals surface area contributed by atoms with Crippen molar-refractivity contribution in [3.8, 4) is 0 Å². The van der Waals surface area contributed by atoms with Crippen molar-refractivity contribution < 1.29 is 36.1 Å². The molecular formula is C21H30BrNO3S. The van der Waals surface area contributed by atoms with Crippen LogP contribution >= 0.6 is 11.3 Å². The summed E-state index contributed by atoms with van der Waals surface area (Å²) < 4.78 is 7.05. The molecule has 0 radical (unpaired) electrons. The molecule has 4 heterocycles. The van der Waals surface area contributed by atoms with Crippen LogP contribution in [0.3, 0.4) is 0 Å². The maximum Gasteiger partial charge on any atom is 0.344 e. The second-order valence-electron chi connectivity index (χ2n) is 8.45. The molecule has 0 unspecified atom stereocenters. The Morgan fingerprint density at radius 2 is 2.04 bits per heavy atom. The number of hydrogen-bond acceptors (Lipinski definition) is 4. The molecule has 1 aromatic rings. The standard InChI is InChI=1S/C21H30NO3S.BrH/c1-2-11-22-12-9-16(10-13-22)18(15-22)25-20(23)21(24,17-6-3-4-7-17)19-8-5-14-26-19;/h2,5,8,14,16-18,24H,1,3-4,6-7,9-13,15H2;1H/q+1;/p-1/t16?,18-,21+,22?;/m0./s1.